The molecule has 5 nitrogen and oxygen atoms in total. The maximum Gasteiger partial charge on any atom is 0.233 e. The zero-order valence-electron chi connectivity index (χ0n) is 12.8. The van der Waals surface area contributed by atoms with Crippen LogP contribution >= 0.6 is 23.4 Å². The molecule has 1 aromatic heterocycles. The Morgan fingerprint density at radius 1 is 1.27 bits per heavy atom. The van der Waals surface area contributed by atoms with Crippen LogP contribution in [0, 0.1) is 0 Å². The van der Waals surface area contributed by atoms with Crippen LogP contribution in [0.15, 0.2) is 23.4 Å². The summed E-state index contributed by atoms with van der Waals surface area (Å²) in [7, 11) is 4.05. The van der Waals surface area contributed by atoms with Gasteiger partial charge in [0, 0.05) is 38.2 Å². The first-order chi connectivity index (χ1) is 10.5. The van der Waals surface area contributed by atoms with Crippen molar-refractivity contribution < 1.29 is 4.79 Å². The lowest BCUT2D eigenvalue weighted by atomic mass is 10.3. The highest BCUT2D eigenvalue weighted by Crippen LogP contribution is 2.25. The van der Waals surface area contributed by atoms with Crippen LogP contribution in [0.1, 0.15) is 0 Å². The quantitative estimate of drug-likeness (QED) is 0.804. The third-order valence-electron chi connectivity index (χ3n) is 3.98. The molecule has 0 saturated carbocycles. The van der Waals surface area contributed by atoms with Gasteiger partial charge in [-0.25, -0.2) is 4.98 Å². The maximum atomic E-state index is 12.3. The van der Waals surface area contributed by atoms with Gasteiger partial charge in [-0.1, -0.05) is 23.4 Å². The molecule has 3 rings (SSSR count). The van der Waals surface area contributed by atoms with Crippen molar-refractivity contribution in [2.24, 2.45) is 7.05 Å². The number of hydrogen-bond acceptors (Lipinski definition) is 4. The van der Waals surface area contributed by atoms with E-state index in [0.717, 1.165) is 42.4 Å². The van der Waals surface area contributed by atoms with E-state index in [1.807, 2.05) is 34.7 Å². The number of thioether (sulfide) groups is 1. The minimum absolute atomic E-state index is 0.184. The first-order valence-electron chi connectivity index (χ1n) is 7.25. The average molecular weight is 339 g/mol. The minimum atomic E-state index is 0.184. The summed E-state index contributed by atoms with van der Waals surface area (Å²) in [4.78, 5) is 21.0. The average Bonchev–Trinajstić information content (AvgIpc) is 2.81. The predicted octanol–water partition coefficient (Wildman–Crippen LogP) is 2.09. The van der Waals surface area contributed by atoms with E-state index in [1.165, 1.54) is 11.8 Å². The van der Waals surface area contributed by atoms with Crippen LogP contribution in [-0.2, 0) is 11.8 Å². The predicted molar refractivity (Wildman–Crippen MR) is 90.5 cm³/mol. The number of fused-ring (bicyclic) bond motifs is 1. The fraction of sp³-hybridized carbons (Fsp3) is 0.467. The number of amides is 1. The Hall–Kier alpha value is -1.24. The smallest absolute Gasteiger partial charge is 0.233 e. The molecule has 1 amide bonds. The van der Waals surface area contributed by atoms with Crippen molar-refractivity contribution in [3.63, 3.8) is 0 Å². The molecule has 1 aliphatic rings. The van der Waals surface area contributed by atoms with Gasteiger partial charge in [0.1, 0.15) is 0 Å². The largest absolute Gasteiger partial charge is 0.339 e. The summed E-state index contributed by atoms with van der Waals surface area (Å²) in [6.07, 6.45) is 0. The third-order valence-corrected chi connectivity index (χ3v) is 5.23. The van der Waals surface area contributed by atoms with Crippen LogP contribution in [0.25, 0.3) is 11.0 Å². The molecule has 2 heterocycles. The summed E-state index contributed by atoms with van der Waals surface area (Å²) >= 11 is 7.49. The highest BCUT2D eigenvalue weighted by molar-refractivity contribution is 7.99. The zero-order valence-corrected chi connectivity index (χ0v) is 14.3. The summed E-state index contributed by atoms with van der Waals surface area (Å²) in [5, 5.41) is 1.52. The van der Waals surface area contributed by atoms with Crippen LogP contribution in [0.4, 0.5) is 0 Å². The lowest BCUT2D eigenvalue weighted by molar-refractivity contribution is -0.129. The Labute approximate surface area is 139 Å². The van der Waals surface area contributed by atoms with E-state index in [-0.39, 0.29) is 5.91 Å². The van der Waals surface area contributed by atoms with E-state index in [0.29, 0.717) is 10.8 Å². The van der Waals surface area contributed by atoms with Crippen LogP contribution < -0.4 is 0 Å². The van der Waals surface area contributed by atoms with Gasteiger partial charge in [-0.2, -0.15) is 0 Å². The molecular formula is C15H19ClN4OS. The van der Waals surface area contributed by atoms with E-state index in [9.17, 15) is 4.79 Å². The Morgan fingerprint density at radius 3 is 2.73 bits per heavy atom. The highest BCUT2D eigenvalue weighted by Gasteiger charge is 2.20. The Morgan fingerprint density at radius 2 is 2.00 bits per heavy atom. The maximum absolute atomic E-state index is 12.3. The molecule has 0 N–H and O–H groups in total. The number of hydrogen-bond donors (Lipinski definition) is 0. The van der Waals surface area contributed by atoms with Crippen molar-refractivity contribution >= 4 is 40.3 Å². The molecule has 0 atom stereocenters. The first kappa shape index (κ1) is 15.6. The number of rotatable bonds is 3. The number of aromatic nitrogens is 2. The van der Waals surface area contributed by atoms with E-state index in [1.54, 1.807) is 0 Å². The minimum Gasteiger partial charge on any atom is -0.339 e. The van der Waals surface area contributed by atoms with Crippen LogP contribution in [0.3, 0.4) is 0 Å². The van der Waals surface area contributed by atoms with Gasteiger partial charge in [-0.3, -0.25) is 4.79 Å². The van der Waals surface area contributed by atoms with Gasteiger partial charge in [-0.05, 0) is 25.2 Å². The van der Waals surface area contributed by atoms with E-state index in [2.05, 4.69) is 16.9 Å². The van der Waals surface area contributed by atoms with Crippen molar-refractivity contribution in [1.82, 2.24) is 19.4 Å². The summed E-state index contributed by atoms with van der Waals surface area (Å²) < 4.78 is 2.01. The normalized spacial score (nSPS) is 16.4. The molecule has 0 aliphatic carbocycles. The number of aryl methyl sites for hydroxylation is 1. The number of nitrogens with zero attached hydrogens (tertiary/aromatic N) is 4. The molecule has 22 heavy (non-hydrogen) atoms. The van der Waals surface area contributed by atoms with Crippen molar-refractivity contribution in [1.29, 1.82) is 0 Å². The van der Waals surface area contributed by atoms with Crippen LogP contribution in [0.2, 0.25) is 5.02 Å². The number of likely N-dealkylation sites (N-methyl/N-ethyl adjacent to an activating group) is 1. The van der Waals surface area contributed by atoms with Gasteiger partial charge in [-0.15, -0.1) is 0 Å². The number of carbonyl (C=O) groups is 1. The Balaban J connectivity index is 1.66. The molecule has 1 aliphatic heterocycles. The van der Waals surface area contributed by atoms with Crippen molar-refractivity contribution in [3.05, 3.63) is 23.2 Å². The third kappa shape index (κ3) is 3.24. The zero-order chi connectivity index (χ0) is 15.7. The van der Waals surface area contributed by atoms with E-state index >= 15 is 0 Å². The van der Waals surface area contributed by atoms with Gasteiger partial charge >= 0.3 is 0 Å². The van der Waals surface area contributed by atoms with Gasteiger partial charge in [0.2, 0.25) is 5.91 Å². The molecule has 7 heteroatoms. The fourth-order valence-corrected chi connectivity index (χ4v) is 3.61. The molecular weight excluding hydrogens is 320 g/mol. The molecule has 2 aromatic rings. The van der Waals surface area contributed by atoms with E-state index in [4.69, 9.17) is 11.6 Å². The number of carbonyl (C=O) groups excluding carboxylic acids is 1. The SMILES string of the molecule is CN1CCN(C(=O)CSc2nc3cc(Cl)ccc3n2C)CC1. The lowest BCUT2D eigenvalue weighted by Crippen LogP contribution is -2.47. The summed E-state index contributed by atoms with van der Waals surface area (Å²) in [5.74, 6) is 0.609. The second kappa shape index (κ2) is 6.48. The molecule has 0 spiro atoms. The second-order valence-electron chi connectivity index (χ2n) is 5.56. The summed E-state index contributed by atoms with van der Waals surface area (Å²) in [6.45, 7) is 3.52. The molecule has 118 valence electrons. The van der Waals surface area contributed by atoms with E-state index < -0.39 is 0 Å². The first-order valence-corrected chi connectivity index (χ1v) is 8.62. The lowest BCUT2D eigenvalue weighted by Gasteiger charge is -2.32. The van der Waals surface area contributed by atoms with Gasteiger partial charge < -0.3 is 14.4 Å². The second-order valence-corrected chi connectivity index (χ2v) is 6.94. The highest BCUT2D eigenvalue weighted by atomic mass is 35.5. The number of piperazine rings is 1. The summed E-state index contributed by atoms with van der Waals surface area (Å²) in [6, 6.07) is 5.66. The van der Waals surface area contributed by atoms with Crippen LogP contribution in [-0.4, -0.2) is 64.2 Å². The van der Waals surface area contributed by atoms with Gasteiger partial charge in [0.15, 0.2) is 5.16 Å². The fourth-order valence-electron chi connectivity index (χ4n) is 2.55. The Kier molecular flexibility index (Phi) is 4.61. The molecule has 0 bridgehead atoms. The molecule has 1 aromatic carbocycles. The Bertz CT molecular complexity index is 694. The molecule has 1 fully saturated rings. The molecule has 0 unspecified atom stereocenters. The van der Waals surface area contributed by atoms with Crippen molar-refractivity contribution in [2.45, 2.75) is 5.16 Å². The van der Waals surface area contributed by atoms with Gasteiger partial charge in [0.25, 0.3) is 0 Å². The number of halogens is 1. The van der Waals surface area contributed by atoms with Crippen molar-refractivity contribution in [2.75, 3.05) is 39.0 Å². The molecule has 1 saturated heterocycles. The van der Waals surface area contributed by atoms with Gasteiger partial charge in [0.05, 0.1) is 16.8 Å². The van der Waals surface area contributed by atoms with Crippen molar-refractivity contribution in [3.8, 4) is 0 Å². The number of benzene rings is 1. The monoisotopic (exact) mass is 338 g/mol. The topological polar surface area (TPSA) is 41.4 Å². The van der Waals surface area contributed by atoms with Crippen LogP contribution in [0.5, 0.6) is 0 Å². The molecule has 0 radical (unpaired) electrons. The summed E-state index contributed by atoms with van der Waals surface area (Å²) in [5.41, 5.74) is 1.89. The standard InChI is InChI=1S/C15H19ClN4OS/c1-18-5-7-20(8-6-18)14(21)10-22-15-17-12-9-11(16)3-4-13(12)19(15)2/h3-4,9H,5-8,10H2,1-2H3. The number of imidazole rings is 1.